The standard InChI is InChI=1S/C19H29NO4.2Na/c1-2-3-4-5-6-7-8-9-10-11-20-17-13-15(18(21)22)12-16(14-17)19(23)24;;/h12-14,20H,2-11H2,1H3,(H,21,22)(H,23,24);;/q;2*+1/p-2. The second kappa shape index (κ2) is 17.1. The number of carbonyl (C=O) groups is 2. The molecule has 0 unspecified atom stereocenters. The summed E-state index contributed by atoms with van der Waals surface area (Å²) < 4.78 is 0. The largest absolute Gasteiger partial charge is 1.00 e. The fourth-order valence-corrected chi connectivity index (χ4v) is 2.63. The number of unbranched alkanes of at least 4 members (excludes halogenated alkanes) is 8. The monoisotopic (exact) mass is 379 g/mol. The van der Waals surface area contributed by atoms with Crippen molar-refractivity contribution in [1.29, 1.82) is 0 Å². The number of carboxylic acid groups (broad SMARTS) is 2. The normalized spacial score (nSPS) is 9.73. The summed E-state index contributed by atoms with van der Waals surface area (Å²) in [5.74, 6) is -2.80. The summed E-state index contributed by atoms with van der Waals surface area (Å²) in [7, 11) is 0. The third-order valence-electron chi connectivity index (χ3n) is 4.01. The zero-order chi connectivity index (χ0) is 17.8. The van der Waals surface area contributed by atoms with E-state index in [1.165, 1.54) is 57.1 Å². The zero-order valence-electron chi connectivity index (χ0n) is 16.4. The van der Waals surface area contributed by atoms with Crippen molar-refractivity contribution in [3.8, 4) is 0 Å². The Morgan fingerprint density at radius 2 is 1.19 bits per heavy atom. The molecular weight excluding hydrogens is 352 g/mol. The number of aromatic carboxylic acids is 2. The quantitative estimate of drug-likeness (QED) is 0.282. The van der Waals surface area contributed by atoms with Crippen molar-refractivity contribution in [1.82, 2.24) is 0 Å². The number of benzene rings is 1. The predicted molar refractivity (Wildman–Crippen MR) is 90.8 cm³/mol. The number of hydrogen-bond acceptors (Lipinski definition) is 5. The first-order valence-electron chi connectivity index (χ1n) is 8.86. The number of carbonyl (C=O) groups excluding carboxylic acids is 2. The predicted octanol–water partition coefficient (Wildman–Crippen LogP) is -3.64. The number of rotatable bonds is 13. The van der Waals surface area contributed by atoms with Gasteiger partial charge in [-0.15, -0.1) is 0 Å². The van der Waals surface area contributed by atoms with E-state index in [9.17, 15) is 19.8 Å². The summed E-state index contributed by atoms with van der Waals surface area (Å²) in [6.45, 7) is 2.89. The SMILES string of the molecule is CCCCCCCCCCCNc1cc(C(=O)[O-])cc(C(=O)[O-])c1.[Na+].[Na+]. The Kier molecular flexibility index (Phi) is 18.5. The van der Waals surface area contributed by atoms with Crippen molar-refractivity contribution in [3.63, 3.8) is 0 Å². The molecule has 134 valence electrons. The van der Waals surface area contributed by atoms with Crippen molar-refractivity contribution >= 4 is 17.6 Å². The molecule has 0 fully saturated rings. The maximum absolute atomic E-state index is 10.9. The van der Waals surface area contributed by atoms with Gasteiger partial charge in [0.1, 0.15) is 0 Å². The molecule has 26 heavy (non-hydrogen) atoms. The first kappa shape index (κ1) is 28.2. The van der Waals surface area contributed by atoms with Gasteiger partial charge in [0.15, 0.2) is 0 Å². The van der Waals surface area contributed by atoms with E-state index in [0.717, 1.165) is 18.9 Å². The Morgan fingerprint density at radius 3 is 1.62 bits per heavy atom. The van der Waals surface area contributed by atoms with Crippen LogP contribution in [-0.4, -0.2) is 18.5 Å². The average Bonchev–Trinajstić information content (AvgIpc) is 2.56. The minimum Gasteiger partial charge on any atom is -0.545 e. The van der Waals surface area contributed by atoms with Gasteiger partial charge in [-0.2, -0.15) is 0 Å². The van der Waals surface area contributed by atoms with Crippen molar-refractivity contribution in [3.05, 3.63) is 29.3 Å². The summed E-state index contributed by atoms with van der Waals surface area (Å²) in [5.41, 5.74) is 0.146. The Balaban J connectivity index is 0. The van der Waals surface area contributed by atoms with Crippen LogP contribution in [0.4, 0.5) is 5.69 Å². The molecule has 0 spiro atoms. The second-order valence-electron chi connectivity index (χ2n) is 6.13. The summed E-state index contributed by atoms with van der Waals surface area (Å²) in [5, 5.41) is 24.9. The van der Waals surface area contributed by atoms with Gasteiger partial charge in [-0.05, 0) is 35.7 Å². The molecule has 1 aromatic rings. The molecule has 0 aliphatic carbocycles. The maximum atomic E-state index is 10.9. The molecule has 0 aliphatic rings. The van der Waals surface area contributed by atoms with Crippen LogP contribution in [0.3, 0.4) is 0 Å². The molecule has 0 amide bonds. The van der Waals surface area contributed by atoms with E-state index in [1.807, 2.05) is 0 Å². The second-order valence-corrected chi connectivity index (χ2v) is 6.13. The van der Waals surface area contributed by atoms with Crippen LogP contribution >= 0.6 is 0 Å². The first-order chi connectivity index (χ1) is 11.5. The molecule has 1 N–H and O–H groups in total. The number of anilines is 1. The van der Waals surface area contributed by atoms with Gasteiger partial charge >= 0.3 is 59.1 Å². The molecule has 0 bridgehead atoms. The number of nitrogens with one attached hydrogen (secondary N) is 1. The van der Waals surface area contributed by atoms with Crippen LogP contribution in [0.15, 0.2) is 18.2 Å². The fraction of sp³-hybridized carbons (Fsp3) is 0.579. The average molecular weight is 379 g/mol. The smallest absolute Gasteiger partial charge is 0.545 e. The van der Waals surface area contributed by atoms with Gasteiger partial charge in [0.25, 0.3) is 0 Å². The van der Waals surface area contributed by atoms with E-state index in [-0.39, 0.29) is 70.2 Å². The minimum atomic E-state index is -1.40. The molecule has 0 aliphatic heterocycles. The van der Waals surface area contributed by atoms with Crippen molar-refractivity contribution in [2.45, 2.75) is 64.7 Å². The summed E-state index contributed by atoms with van der Waals surface area (Å²) in [6.07, 6.45) is 11.0. The van der Waals surface area contributed by atoms with Crippen molar-refractivity contribution in [2.24, 2.45) is 0 Å². The Labute approximate surface area is 200 Å². The van der Waals surface area contributed by atoms with Crippen LogP contribution in [0, 0.1) is 0 Å². The van der Waals surface area contributed by atoms with Crippen LogP contribution in [0.5, 0.6) is 0 Å². The van der Waals surface area contributed by atoms with E-state index in [1.54, 1.807) is 0 Å². The minimum absolute atomic E-state index is 0. The molecule has 7 heteroatoms. The van der Waals surface area contributed by atoms with Gasteiger partial charge in [-0.25, -0.2) is 0 Å². The van der Waals surface area contributed by atoms with E-state index in [0.29, 0.717) is 12.2 Å². The molecule has 0 aromatic heterocycles. The Morgan fingerprint density at radius 1 is 0.769 bits per heavy atom. The number of carboxylic acids is 2. The van der Waals surface area contributed by atoms with E-state index < -0.39 is 11.9 Å². The Hall–Kier alpha value is -0.0400. The Bertz CT molecular complexity index is 506. The van der Waals surface area contributed by atoms with Crippen molar-refractivity contribution < 1.29 is 78.9 Å². The molecular formula is C19H27NNa2O4. The molecule has 0 saturated heterocycles. The van der Waals surface area contributed by atoms with Gasteiger partial charge in [0, 0.05) is 12.2 Å². The molecule has 0 radical (unpaired) electrons. The van der Waals surface area contributed by atoms with Gasteiger partial charge < -0.3 is 25.1 Å². The van der Waals surface area contributed by atoms with Crippen LogP contribution in [0.1, 0.15) is 85.4 Å². The molecule has 1 aromatic carbocycles. The third-order valence-corrected chi connectivity index (χ3v) is 4.01. The van der Waals surface area contributed by atoms with Gasteiger partial charge in [-0.1, -0.05) is 58.3 Å². The fourth-order valence-electron chi connectivity index (χ4n) is 2.63. The van der Waals surface area contributed by atoms with Crippen LogP contribution in [-0.2, 0) is 0 Å². The van der Waals surface area contributed by atoms with Gasteiger partial charge in [-0.3, -0.25) is 0 Å². The van der Waals surface area contributed by atoms with Crippen molar-refractivity contribution in [2.75, 3.05) is 11.9 Å². The topological polar surface area (TPSA) is 92.3 Å². The summed E-state index contributed by atoms with van der Waals surface area (Å²) >= 11 is 0. The molecule has 0 saturated carbocycles. The van der Waals surface area contributed by atoms with Crippen LogP contribution in [0.25, 0.3) is 0 Å². The van der Waals surface area contributed by atoms with Gasteiger partial charge in [0.05, 0.1) is 11.9 Å². The molecule has 0 heterocycles. The maximum Gasteiger partial charge on any atom is 1.00 e. The van der Waals surface area contributed by atoms with Crippen LogP contribution in [0.2, 0.25) is 0 Å². The number of hydrogen-bond donors (Lipinski definition) is 1. The molecule has 5 nitrogen and oxygen atoms in total. The summed E-state index contributed by atoms with van der Waals surface area (Å²) in [4.78, 5) is 21.8. The van der Waals surface area contributed by atoms with Gasteiger partial charge in [0.2, 0.25) is 0 Å². The third kappa shape index (κ3) is 12.4. The molecule has 1 rings (SSSR count). The first-order valence-corrected chi connectivity index (χ1v) is 8.86. The van der Waals surface area contributed by atoms with E-state index in [2.05, 4.69) is 12.2 Å². The van der Waals surface area contributed by atoms with Crippen LogP contribution < -0.4 is 74.6 Å². The van der Waals surface area contributed by atoms with E-state index in [4.69, 9.17) is 0 Å². The summed E-state index contributed by atoms with van der Waals surface area (Å²) in [6, 6.07) is 3.82. The van der Waals surface area contributed by atoms with E-state index >= 15 is 0 Å². The zero-order valence-corrected chi connectivity index (χ0v) is 20.4. The molecule has 0 atom stereocenters.